The van der Waals surface area contributed by atoms with Crippen molar-refractivity contribution in [3.8, 4) is 5.75 Å². The van der Waals surface area contributed by atoms with Crippen molar-refractivity contribution < 1.29 is 14.3 Å². The van der Waals surface area contributed by atoms with E-state index < -0.39 is 6.10 Å². The van der Waals surface area contributed by atoms with Gasteiger partial charge >= 0.3 is 0 Å². The van der Waals surface area contributed by atoms with Crippen LogP contribution in [0.4, 0.5) is 5.69 Å². The average Bonchev–Trinajstić information content (AvgIpc) is 3.12. The van der Waals surface area contributed by atoms with Crippen molar-refractivity contribution in [3.05, 3.63) is 59.7 Å². The Bertz CT molecular complexity index is 851. The molecule has 1 atom stereocenters. The van der Waals surface area contributed by atoms with Crippen LogP contribution in [0.25, 0.3) is 0 Å². The van der Waals surface area contributed by atoms with Crippen LogP contribution in [-0.2, 0) is 21.5 Å². The fourth-order valence-corrected chi connectivity index (χ4v) is 3.34. The summed E-state index contributed by atoms with van der Waals surface area (Å²) >= 11 is 0. The third kappa shape index (κ3) is 5.37. The zero-order valence-corrected chi connectivity index (χ0v) is 17.7. The van der Waals surface area contributed by atoms with Crippen LogP contribution in [0.15, 0.2) is 48.5 Å². The standard InChI is InChI=1S/C24H30N2O3/c1-17(29-21-13-9-19(10-14-21)24(2,3)4)23(28)25-16-18-7-11-20(12-8-18)26-15-5-6-22(26)27/h7-14,17H,5-6,15-16H2,1-4H3,(H,25,28)/t17-/m0/s1. The minimum atomic E-state index is -0.586. The van der Waals surface area contributed by atoms with Crippen molar-refractivity contribution in [2.75, 3.05) is 11.4 Å². The van der Waals surface area contributed by atoms with Crippen LogP contribution in [0.1, 0.15) is 51.7 Å². The molecule has 29 heavy (non-hydrogen) atoms. The second-order valence-corrected chi connectivity index (χ2v) is 8.57. The van der Waals surface area contributed by atoms with E-state index in [1.54, 1.807) is 6.92 Å². The average molecular weight is 395 g/mol. The lowest BCUT2D eigenvalue weighted by atomic mass is 9.87. The summed E-state index contributed by atoms with van der Waals surface area (Å²) in [5, 5.41) is 2.91. The summed E-state index contributed by atoms with van der Waals surface area (Å²) < 4.78 is 5.77. The van der Waals surface area contributed by atoms with E-state index >= 15 is 0 Å². The molecule has 0 aliphatic carbocycles. The Hall–Kier alpha value is -2.82. The molecule has 0 bridgehead atoms. The van der Waals surface area contributed by atoms with Crippen molar-refractivity contribution in [2.45, 2.75) is 58.6 Å². The summed E-state index contributed by atoms with van der Waals surface area (Å²) in [5.41, 5.74) is 3.20. The Morgan fingerprint density at radius 2 is 1.76 bits per heavy atom. The number of rotatable bonds is 6. The SMILES string of the molecule is C[C@H](Oc1ccc(C(C)(C)C)cc1)C(=O)NCc1ccc(N2CCCC2=O)cc1. The number of anilines is 1. The fraction of sp³-hybridized carbons (Fsp3) is 0.417. The Labute approximate surface area is 173 Å². The van der Waals surface area contributed by atoms with E-state index in [-0.39, 0.29) is 17.2 Å². The molecule has 2 aromatic carbocycles. The molecule has 0 radical (unpaired) electrons. The first-order valence-corrected chi connectivity index (χ1v) is 10.2. The number of amides is 2. The Balaban J connectivity index is 1.50. The lowest BCUT2D eigenvalue weighted by Crippen LogP contribution is -2.35. The molecule has 0 spiro atoms. The van der Waals surface area contributed by atoms with Gasteiger partial charge in [0.05, 0.1) is 0 Å². The molecule has 1 heterocycles. The predicted molar refractivity (Wildman–Crippen MR) is 115 cm³/mol. The summed E-state index contributed by atoms with van der Waals surface area (Å²) in [6.07, 6.45) is 0.944. The Morgan fingerprint density at radius 3 is 2.31 bits per heavy atom. The van der Waals surface area contributed by atoms with Crippen LogP contribution in [0.3, 0.4) is 0 Å². The summed E-state index contributed by atoms with van der Waals surface area (Å²) in [5.74, 6) is 0.691. The number of ether oxygens (including phenoxy) is 1. The number of hydrogen-bond donors (Lipinski definition) is 1. The lowest BCUT2D eigenvalue weighted by molar-refractivity contribution is -0.127. The maximum Gasteiger partial charge on any atom is 0.261 e. The molecule has 0 aromatic heterocycles. The van der Waals surface area contributed by atoms with Crippen molar-refractivity contribution in [3.63, 3.8) is 0 Å². The zero-order valence-electron chi connectivity index (χ0n) is 17.7. The van der Waals surface area contributed by atoms with E-state index in [9.17, 15) is 9.59 Å². The zero-order chi connectivity index (χ0) is 21.0. The first-order valence-electron chi connectivity index (χ1n) is 10.2. The van der Waals surface area contributed by atoms with Gasteiger partial charge in [0, 0.05) is 25.2 Å². The minimum Gasteiger partial charge on any atom is -0.481 e. The number of nitrogens with one attached hydrogen (secondary N) is 1. The highest BCUT2D eigenvalue weighted by Gasteiger charge is 2.21. The van der Waals surface area contributed by atoms with E-state index in [1.165, 1.54) is 5.56 Å². The lowest BCUT2D eigenvalue weighted by Gasteiger charge is -2.20. The molecule has 5 heteroatoms. The topological polar surface area (TPSA) is 58.6 Å². The highest BCUT2D eigenvalue weighted by Crippen LogP contribution is 2.25. The smallest absolute Gasteiger partial charge is 0.261 e. The number of benzene rings is 2. The first-order chi connectivity index (χ1) is 13.7. The van der Waals surface area contributed by atoms with Gasteiger partial charge in [0.1, 0.15) is 5.75 Å². The molecular weight excluding hydrogens is 364 g/mol. The second kappa shape index (κ2) is 8.68. The van der Waals surface area contributed by atoms with Gasteiger partial charge in [0.2, 0.25) is 5.91 Å². The largest absolute Gasteiger partial charge is 0.481 e. The molecule has 1 N–H and O–H groups in total. The molecule has 3 rings (SSSR count). The molecule has 2 aromatic rings. The third-order valence-corrected chi connectivity index (χ3v) is 5.19. The molecular formula is C24H30N2O3. The molecule has 0 saturated carbocycles. The molecule has 5 nitrogen and oxygen atoms in total. The third-order valence-electron chi connectivity index (χ3n) is 5.19. The number of nitrogens with zero attached hydrogens (tertiary/aromatic N) is 1. The molecule has 1 fully saturated rings. The molecule has 154 valence electrons. The van der Waals surface area contributed by atoms with Gasteiger partial charge in [-0.15, -0.1) is 0 Å². The van der Waals surface area contributed by atoms with Gasteiger partial charge in [-0.25, -0.2) is 0 Å². The van der Waals surface area contributed by atoms with Crippen LogP contribution in [0, 0.1) is 0 Å². The second-order valence-electron chi connectivity index (χ2n) is 8.57. The van der Waals surface area contributed by atoms with Crippen molar-refractivity contribution in [1.82, 2.24) is 5.32 Å². The monoisotopic (exact) mass is 394 g/mol. The maximum absolute atomic E-state index is 12.4. The summed E-state index contributed by atoms with van der Waals surface area (Å²) in [7, 11) is 0. The van der Waals surface area contributed by atoms with E-state index in [2.05, 4.69) is 26.1 Å². The normalized spacial score (nSPS) is 15.3. The van der Waals surface area contributed by atoms with E-state index in [4.69, 9.17) is 4.74 Å². The first kappa shape index (κ1) is 20.9. The highest BCUT2D eigenvalue weighted by molar-refractivity contribution is 5.95. The van der Waals surface area contributed by atoms with Gasteiger partial charge in [0.15, 0.2) is 6.10 Å². The Morgan fingerprint density at radius 1 is 1.10 bits per heavy atom. The fourth-order valence-electron chi connectivity index (χ4n) is 3.34. The summed E-state index contributed by atoms with van der Waals surface area (Å²) in [6.45, 7) is 9.43. The quantitative estimate of drug-likeness (QED) is 0.799. The van der Waals surface area contributed by atoms with Crippen LogP contribution in [0.5, 0.6) is 5.75 Å². The summed E-state index contributed by atoms with van der Waals surface area (Å²) in [4.78, 5) is 26.0. The number of carbonyl (C=O) groups is 2. The number of carbonyl (C=O) groups excluding carboxylic acids is 2. The van der Waals surface area contributed by atoms with Crippen LogP contribution >= 0.6 is 0 Å². The van der Waals surface area contributed by atoms with Crippen molar-refractivity contribution in [1.29, 1.82) is 0 Å². The van der Waals surface area contributed by atoms with Gasteiger partial charge in [-0.2, -0.15) is 0 Å². The van der Waals surface area contributed by atoms with E-state index in [0.717, 1.165) is 24.2 Å². The van der Waals surface area contributed by atoms with Gasteiger partial charge in [0.25, 0.3) is 5.91 Å². The molecule has 1 aliphatic heterocycles. The van der Waals surface area contributed by atoms with Gasteiger partial charge < -0.3 is 15.0 Å². The maximum atomic E-state index is 12.4. The molecule has 1 saturated heterocycles. The van der Waals surface area contributed by atoms with Crippen LogP contribution in [-0.4, -0.2) is 24.5 Å². The minimum absolute atomic E-state index is 0.0825. The van der Waals surface area contributed by atoms with Gasteiger partial charge in [-0.3, -0.25) is 9.59 Å². The van der Waals surface area contributed by atoms with Crippen molar-refractivity contribution in [2.24, 2.45) is 0 Å². The van der Waals surface area contributed by atoms with Crippen molar-refractivity contribution >= 4 is 17.5 Å². The van der Waals surface area contributed by atoms with Crippen LogP contribution in [0.2, 0.25) is 0 Å². The molecule has 0 unspecified atom stereocenters. The Kier molecular flexibility index (Phi) is 6.26. The molecule has 2 amide bonds. The summed E-state index contributed by atoms with van der Waals surface area (Å²) in [6, 6.07) is 15.6. The van der Waals surface area contributed by atoms with Gasteiger partial charge in [-0.1, -0.05) is 45.0 Å². The van der Waals surface area contributed by atoms with Gasteiger partial charge in [-0.05, 0) is 54.2 Å². The highest BCUT2D eigenvalue weighted by atomic mass is 16.5. The van der Waals surface area contributed by atoms with Crippen LogP contribution < -0.4 is 15.0 Å². The molecule has 1 aliphatic rings. The van der Waals surface area contributed by atoms with E-state index in [0.29, 0.717) is 18.7 Å². The van der Waals surface area contributed by atoms with E-state index in [1.807, 2.05) is 53.4 Å². The predicted octanol–water partition coefficient (Wildman–Crippen LogP) is 4.19. The number of hydrogen-bond acceptors (Lipinski definition) is 3.